The molecule has 152 valence electrons. The minimum absolute atomic E-state index is 0.0404. The van der Waals surface area contributed by atoms with Gasteiger partial charge in [-0.25, -0.2) is 4.98 Å². The van der Waals surface area contributed by atoms with Gasteiger partial charge in [-0.15, -0.1) is 5.10 Å². The first kappa shape index (κ1) is 19.3. The summed E-state index contributed by atoms with van der Waals surface area (Å²) in [4.78, 5) is 23.7. The second-order valence-electron chi connectivity index (χ2n) is 7.65. The van der Waals surface area contributed by atoms with Crippen LogP contribution in [0.2, 0.25) is 0 Å². The number of hydrogen-bond donors (Lipinski definition) is 2. The molecule has 0 atom stereocenters. The minimum Gasteiger partial charge on any atom is -0.366 e. The van der Waals surface area contributed by atoms with E-state index in [4.69, 9.17) is 5.73 Å². The number of anilines is 1. The predicted molar refractivity (Wildman–Crippen MR) is 111 cm³/mol. The van der Waals surface area contributed by atoms with Crippen LogP contribution in [0.5, 0.6) is 0 Å². The zero-order chi connectivity index (χ0) is 20.4. The first-order chi connectivity index (χ1) is 14.0. The number of carbonyl (C=O) groups is 1. The van der Waals surface area contributed by atoms with Crippen molar-refractivity contribution in [2.75, 3.05) is 18.8 Å². The van der Waals surface area contributed by atoms with Gasteiger partial charge in [0.25, 0.3) is 5.78 Å². The molecule has 0 bridgehead atoms. The van der Waals surface area contributed by atoms with Gasteiger partial charge in [-0.1, -0.05) is 24.3 Å². The predicted octanol–water partition coefficient (Wildman–Crippen LogP) is 1.78. The van der Waals surface area contributed by atoms with Crippen LogP contribution < -0.4 is 11.1 Å². The van der Waals surface area contributed by atoms with E-state index in [0.29, 0.717) is 12.3 Å². The van der Waals surface area contributed by atoms with Gasteiger partial charge in [0, 0.05) is 30.0 Å². The Hall–Kier alpha value is -3.00. The van der Waals surface area contributed by atoms with Crippen molar-refractivity contribution in [3.05, 3.63) is 52.3 Å². The zero-order valence-electron chi connectivity index (χ0n) is 17.0. The van der Waals surface area contributed by atoms with Gasteiger partial charge < -0.3 is 11.1 Å². The standard InChI is InChI=1S/C21H27N7O/c1-14-18(15(2)28-21(24-14)25-20(22)26-28)11-19(29)23-12-16-7-3-4-8-17(16)13-27-9-5-6-10-27/h3-4,7-8H,5-6,9-13H2,1-2H3,(H2,22,26)(H,23,29). The van der Waals surface area contributed by atoms with E-state index in [1.807, 2.05) is 19.9 Å². The van der Waals surface area contributed by atoms with Gasteiger partial charge in [0.2, 0.25) is 11.9 Å². The fourth-order valence-corrected chi connectivity index (χ4v) is 3.96. The summed E-state index contributed by atoms with van der Waals surface area (Å²) in [5, 5.41) is 7.23. The van der Waals surface area contributed by atoms with E-state index in [9.17, 15) is 4.79 Å². The number of hydrogen-bond acceptors (Lipinski definition) is 6. The largest absolute Gasteiger partial charge is 0.366 e. The fourth-order valence-electron chi connectivity index (χ4n) is 3.96. The molecule has 0 saturated carbocycles. The molecule has 1 saturated heterocycles. The quantitative estimate of drug-likeness (QED) is 0.662. The third-order valence-electron chi connectivity index (χ3n) is 5.59. The van der Waals surface area contributed by atoms with E-state index in [1.165, 1.54) is 24.0 Å². The lowest BCUT2D eigenvalue weighted by atomic mass is 10.1. The van der Waals surface area contributed by atoms with Crippen LogP contribution in [0.4, 0.5) is 5.95 Å². The van der Waals surface area contributed by atoms with Crippen LogP contribution >= 0.6 is 0 Å². The summed E-state index contributed by atoms with van der Waals surface area (Å²) in [7, 11) is 0. The number of amides is 1. The van der Waals surface area contributed by atoms with Crippen molar-refractivity contribution >= 4 is 17.6 Å². The summed E-state index contributed by atoms with van der Waals surface area (Å²) < 4.78 is 1.59. The SMILES string of the molecule is Cc1nc2nc(N)nn2c(C)c1CC(=O)NCc1ccccc1CN1CCCC1. The first-order valence-electron chi connectivity index (χ1n) is 10.1. The maximum atomic E-state index is 12.7. The highest BCUT2D eigenvalue weighted by atomic mass is 16.1. The highest BCUT2D eigenvalue weighted by molar-refractivity contribution is 5.79. The second kappa shape index (κ2) is 8.16. The highest BCUT2D eigenvalue weighted by Crippen LogP contribution is 2.17. The Morgan fingerprint density at radius 1 is 1.14 bits per heavy atom. The molecule has 29 heavy (non-hydrogen) atoms. The minimum atomic E-state index is -0.0404. The molecule has 3 aromatic rings. The van der Waals surface area contributed by atoms with Gasteiger partial charge in [-0.2, -0.15) is 9.50 Å². The average Bonchev–Trinajstić information content (AvgIpc) is 3.33. The molecule has 0 radical (unpaired) electrons. The Bertz CT molecular complexity index is 1040. The van der Waals surface area contributed by atoms with Gasteiger partial charge in [0.1, 0.15) is 0 Å². The number of benzene rings is 1. The van der Waals surface area contributed by atoms with Crippen molar-refractivity contribution in [1.82, 2.24) is 29.8 Å². The number of likely N-dealkylation sites (tertiary alicyclic amines) is 1. The third-order valence-corrected chi connectivity index (χ3v) is 5.59. The first-order valence-corrected chi connectivity index (χ1v) is 10.1. The Kier molecular flexibility index (Phi) is 5.44. The molecule has 0 unspecified atom stereocenters. The number of nitrogens with zero attached hydrogens (tertiary/aromatic N) is 5. The topological polar surface area (TPSA) is 101 Å². The van der Waals surface area contributed by atoms with Crippen molar-refractivity contribution < 1.29 is 4.79 Å². The van der Waals surface area contributed by atoms with Crippen molar-refractivity contribution in [1.29, 1.82) is 0 Å². The number of nitrogens with one attached hydrogen (secondary N) is 1. The van der Waals surface area contributed by atoms with E-state index in [-0.39, 0.29) is 18.3 Å². The van der Waals surface area contributed by atoms with Gasteiger partial charge in [0.15, 0.2) is 0 Å². The molecule has 8 nitrogen and oxygen atoms in total. The van der Waals surface area contributed by atoms with E-state index in [0.717, 1.165) is 36.6 Å². The van der Waals surface area contributed by atoms with Crippen molar-refractivity contribution in [2.24, 2.45) is 0 Å². The van der Waals surface area contributed by atoms with E-state index < -0.39 is 0 Å². The van der Waals surface area contributed by atoms with E-state index >= 15 is 0 Å². The number of aromatic nitrogens is 4. The smallest absolute Gasteiger partial charge is 0.254 e. The lowest BCUT2D eigenvalue weighted by Crippen LogP contribution is -2.27. The molecular formula is C21H27N7O. The molecular weight excluding hydrogens is 366 g/mol. The molecule has 1 aliphatic heterocycles. The van der Waals surface area contributed by atoms with Crippen LogP contribution in [0.1, 0.15) is 40.9 Å². The molecule has 2 aromatic heterocycles. The van der Waals surface area contributed by atoms with Crippen LogP contribution in [0.3, 0.4) is 0 Å². The molecule has 3 heterocycles. The van der Waals surface area contributed by atoms with Crippen LogP contribution in [0.25, 0.3) is 5.78 Å². The molecule has 4 rings (SSSR count). The van der Waals surface area contributed by atoms with Crippen LogP contribution in [0, 0.1) is 13.8 Å². The van der Waals surface area contributed by atoms with Crippen LogP contribution in [-0.4, -0.2) is 43.5 Å². The number of rotatable bonds is 6. The van der Waals surface area contributed by atoms with Gasteiger partial charge in [0.05, 0.1) is 6.42 Å². The molecule has 8 heteroatoms. The summed E-state index contributed by atoms with van der Waals surface area (Å²) in [6.07, 6.45) is 2.79. The number of carbonyl (C=O) groups excluding carboxylic acids is 1. The lowest BCUT2D eigenvalue weighted by molar-refractivity contribution is -0.120. The zero-order valence-corrected chi connectivity index (χ0v) is 17.0. The lowest BCUT2D eigenvalue weighted by Gasteiger charge is -2.18. The number of nitrogen functional groups attached to an aromatic ring is 1. The van der Waals surface area contributed by atoms with Crippen molar-refractivity contribution in [3.8, 4) is 0 Å². The summed E-state index contributed by atoms with van der Waals surface area (Å²) in [6.45, 7) is 7.56. The van der Waals surface area contributed by atoms with E-state index in [2.05, 4.69) is 43.5 Å². The third kappa shape index (κ3) is 4.22. The van der Waals surface area contributed by atoms with Gasteiger partial charge >= 0.3 is 0 Å². The summed E-state index contributed by atoms with van der Waals surface area (Å²) in [6, 6.07) is 8.33. The number of aryl methyl sites for hydroxylation is 2. The second-order valence-corrected chi connectivity index (χ2v) is 7.65. The molecule has 1 fully saturated rings. The molecule has 1 aromatic carbocycles. The van der Waals surface area contributed by atoms with Crippen LogP contribution in [-0.2, 0) is 24.3 Å². The summed E-state index contributed by atoms with van der Waals surface area (Å²) in [5.41, 5.74) is 10.6. The molecule has 3 N–H and O–H groups in total. The summed E-state index contributed by atoms with van der Waals surface area (Å²) >= 11 is 0. The summed E-state index contributed by atoms with van der Waals surface area (Å²) in [5.74, 6) is 0.593. The monoisotopic (exact) mass is 393 g/mol. The Balaban J connectivity index is 1.44. The number of fused-ring (bicyclic) bond motifs is 1. The van der Waals surface area contributed by atoms with Crippen LogP contribution in [0.15, 0.2) is 24.3 Å². The van der Waals surface area contributed by atoms with E-state index in [1.54, 1.807) is 4.52 Å². The molecule has 0 spiro atoms. The van der Waals surface area contributed by atoms with Gasteiger partial charge in [-0.3, -0.25) is 9.69 Å². The van der Waals surface area contributed by atoms with Crippen molar-refractivity contribution in [3.63, 3.8) is 0 Å². The normalized spacial score (nSPS) is 14.6. The maximum absolute atomic E-state index is 12.7. The Labute approximate surface area is 170 Å². The Morgan fingerprint density at radius 3 is 2.62 bits per heavy atom. The Morgan fingerprint density at radius 2 is 1.86 bits per heavy atom. The fraction of sp³-hybridized carbons (Fsp3) is 0.429. The molecule has 0 aliphatic carbocycles. The maximum Gasteiger partial charge on any atom is 0.254 e. The van der Waals surface area contributed by atoms with Crippen molar-refractivity contribution in [2.45, 2.75) is 46.2 Å². The molecule has 1 amide bonds. The average molecular weight is 393 g/mol. The molecule has 1 aliphatic rings. The highest BCUT2D eigenvalue weighted by Gasteiger charge is 2.17. The van der Waals surface area contributed by atoms with Gasteiger partial charge in [-0.05, 0) is 50.9 Å². The number of nitrogens with two attached hydrogens (primary N) is 1.